The first-order valence-electron chi connectivity index (χ1n) is 4.55. The Bertz CT molecular complexity index is 545. The van der Waals surface area contributed by atoms with Gasteiger partial charge in [-0.2, -0.15) is 18.3 Å². The number of aromatic nitrogens is 2. The highest BCUT2D eigenvalue weighted by Crippen LogP contribution is 2.38. The quantitative estimate of drug-likeness (QED) is 0.759. The minimum absolute atomic E-state index is 0.0288. The lowest BCUT2D eigenvalue weighted by Crippen LogP contribution is -2.08. The smallest absolute Gasteiger partial charge is 0.396 e. The van der Waals surface area contributed by atoms with Crippen LogP contribution in [-0.4, -0.2) is 10.2 Å². The van der Waals surface area contributed by atoms with E-state index >= 15 is 0 Å². The Kier molecular flexibility index (Phi) is 2.53. The molecule has 3 nitrogen and oxygen atoms in total. The van der Waals surface area contributed by atoms with E-state index < -0.39 is 17.6 Å². The SMILES string of the molecule is Nc1cn[nH]c1-c1cc(F)ccc1C(F)(F)F. The van der Waals surface area contributed by atoms with Crippen molar-refractivity contribution in [2.75, 3.05) is 5.73 Å². The Labute approximate surface area is 93.3 Å². The first-order valence-corrected chi connectivity index (χ1v) is 4.55. The van der Waals surface area contributed by atoms with Gasteiger partial charge in [0, 0.05) is 5.56 Å². The number of hydrogen-bond acceptors (Lipinski definition) is 2. The maximum Gasteiger partial charge on any atom is 0.417 e. The Morgan fingerprint density at radius 1 is 1.24 bits per heavy atom. The molecular weight excluding hydrogens is 238 g/mol. The summed E-state index contributed by atoms with van der Waals surface area (Å²) in [7, 11) is 0. The summed E-state index contributed by atoms with van der Waals surface area (Å²) < 4.78 is 51.1. The summed E-state index contributed by atoms with van der Waals surface area (Å²) in [6, 6.07) is 2.19. The van der Waals surface area contributed by atoms with Crippen molar-refractivity contribution in [2.45, 2.75) is 6.18 Å². The molecule has 0 fully saturated rings. The molecule has 0 atom stereocenters. The van der Waals surface area contributed by atoms with Crippen molar-refractivity contribution >= 4 is 5.69 Å². The van der Waals surface area contributed by atoms with Crippen molar-refractivity contribution in [2.24, 2.45) is 0 Å². The highest BCUT2D eigenvalue weighted by atomic mass is 19.4. The molecule has 0 saturated carbocycles. The average molecular weight is 245 g/mol. The van der Waals surface area contributed by atoms with Crippen molar-refractivity contribution in [3.63, 3.8) is 0 Å². The third-order valence-electron chi connectivity index (χ3n) is 2.23. The van der Waals surface area contributed by atoms with Crippen LogP contribution >= 0.6 is 0 Å². The van der Waals surface area contributed by atoms with Crippen LogP contribution in [0, 0.1) is 5.82 Å². The van der Waals surface area contributed by atoms with Gasteiger partial charge in [-0.25, -0.2) is 4.39 Å². The van der Waals surface area contributed by atoms with Gasteiger partial charge < -0.3 is 5.73 Å². The predicted molar refractivity (Wildman–Crippen MR) is 53.4 cm³/mol. The normalized spacial score (nSPS) is 11.8. The first-order chi connectivity index (χ1) is 7.89. The summed E-state index contributed by atoms with van der Waals surface area (Å²) in [5.41, 5.74) is 4.12. The second-order valence-corrected chi connectivity index (χ2v) is 3.39. The van der Waals surface area contributed by atoms with Crippen LogP contribution in [0.3, 0.4) is 0 Å². The number of nitrogens with two attached hydrogens (primary N) is 1. The number of nitrogen functional groups attached to an aromatic ring is 1. The number of rotatable bonds is 1. The zero-order chi connectivity index (χ0) is 12.6. The van der Waals surface area contributed by atoms with E-state index in [4.69, 9.17) is 5.73 Å². The summed E-state index contributed by atoms with van der Waals surface area (Å²) in [6.45, 7) is 0. The van der Waals surface area contributed by atoms with E-state index in [1.54, 1.807) is 0 Å². The van der Waals surface area contributed by atoms with E-state index in [2.05, 4.69) is 10.2 Å². The molecule has 0 bridgehead atoms. The fraction of sp³-hybridized carbons (Fsp3) is 0.100. The van der Waals surface area contributed by atoms with Crippen LogP contribution in [-0.2, 0) is 6.18 Å². The topological polar surface area (TPSA) is 54.7 Å². The number of nitrogens with zero attached hydrogens (tertiary/aromatic N) is 1. The molecular formula is C10H7F4N3. The van der Waals surface area contributed by atoms with Gasteiger partial charge in [-0.05, 0) is 18.2 Å². The van der Waals surface area contributed by atoms with Crippen LogP contribution in [0.2, 0.25) is 0 Å². The molecule has 3 N–H and O–H groups in total. The number of hydrogen-bond donors (Lipinski definition) is 2. The Hall–Kier alpha value is -2.05. The largest absolute Gasteiger partial charge is 0.417 e. The monoisotopic (exact) mass is 245 g/mol. The summed E-state index contributed by atoms with van der Waals surface area (Å²) in [5, 5.41) is 5.83. The molecule has 0 unspecified atom stereocenters. The fourth-order valence-corrected chi connectivity index (χ4v) is 1.48. The number of benzene rings is 1. The standard InChI is InChI=1S/C10H7F4N3/c11-5-1-2-7(10(12,13)14)6(3-5)9-8(15)4-16-17-9/h1-4H,15H2,(H,16,17). The lowest BCUT2D eigenvalue weighted by atomic mass is 10.0. The van der Waals surface area contributed by atoms with Gasteiger partial charge in [-0.15, -0.1) is 0 Å². The van der Waals surface area contributed by atoms with Gasteiger partial charge >= 0.3 is 6.18 Å². The lowest BCUT2D eigenvalue weighted by Gasteiger charge is -2.12. The first kappa shape index (κ1) is 11.4. The molecule has 2 rings (SSSR count). The van der Waals surface area contributed by atoms with Gasteiger partial charge in [-0.3, -0.25) is 5.10 Å². The minimum Gasteiger partial charge on any atom is -0.396 e. The van der Waals surface area contributed by atoms with E-state index in [0.29, 0.717) is 6.07 Å². The zero-order valence-corrected chi connectivity index (χ0v) is 8.35. The minimum atomic E-state index is -4.58. The molecule has 1 heterocycles. The molecule has 0 spiro atoms. The lowest BCUT2D eigenvalue weighted by molar-refractivity contribution is -0.137. The van der Waals surface area contributed by atoms with Gasteiger partial charge in [-0.1, -0.05) is 0 Å². The molecule has 17 heavy (non-hydrogen) atoms. The van der Waals surface area contributed by atoms with E-state index in [-0.39, 0.29) is 16.9 Å². The van der Waals surface area contributed by atoms with Gasteiger partial charge in [0.05, 0.1) is 23.1 Å². The van der Waals surface area contributed by atoms with Gasteiger partial charge in [0.25, 0.3) is 0 Å². The molecule has 0 amide bonds. The number of H-pyrrole nitrogens is 1. The van der Waals surface area contributed by atoms with Gasteiger partial charge in [0.15, 0.2) is 0 Å². The molecule has 0 aliphatic rings. The Morgan fingerprint density at radius 3 is 2.47 bits per heavy atom. The van der Waals surface area contributed by atoms with Gasteiger partial charge in [0.1, 0.15) is 5.82 Å². The highest BCUT2D eigenvalue weighted by Gasteiger charge is 2.34. The van der Waals surface area contributed by atoms with Crippen molar-refractivity contribution in [3.05, 3.63) is 35.8 Å². The average Bonchev–Trinajstić information content (AvgIpc) is 2.62. The summed E-state index contributed by atoms with van der Waals surface area (Å²) in [5.74, 6) is -0.776. The summed E-state index contributed by atoms with van der Waals surface area (Å²) in [4.78, 5) is 0. The highest BCUT2D eigenvalue weighted by molar-refractivity contribution is 5.74. The third-order valence-corrected chi connectivity index (χ3v) is 2.23. The van der Waals surface area contributed by atoms with Crippen LogP contribution in [0.1, 0.15) is 5.56 Å². The predicted octanol–water partition coefficient (Wildman–Crippen LogP) is 2.82. The number of halogens is 4. The van der Waals surface area contributed by atoms with Crippen molar-refractivity contribution in [1.82, 2.24) is 10.2 Å². The number of aromatic amines is 1. The summed E-state index contributed by atoms with van der Waals surface area (Å²) in [6.07, 6.45) is -3.42. The number of nitrogens with one attached hydrogen (secondary N) is 1. The van der Waals surface area contributed by atoms with Crippen molar-refractivity contribution < 1.29 is 17.6 Å². The maximum absolute atomic E-state index is 13.0. The second-order valence-electron chi connectivity index (χ2n) is 3.39. The molecule has 0 aliphatic carbocycles. The van der Waals surface area contributed by atoms with Crippen LogP contribution in [0.4, 0.5) is 23.2 Å². The second kappa shape index (κ2) is 3.76. The van der Waals surface area contributed by atoms with Crippen LogP contribution in [0.5, 0.6) is 0 Å². The molecule has 1 aromatic carbocycles. The molecule has 0 saturated heterocycles. The molecule has 90 valence electrons. The number of alkyl halides is 3. The van der Waals surface area contributed by atoms with Crippen LogP contribution < -0.4 is 5.73 Å². The van der Waals surface area contributed by atoms with E-state index in [9.17, 15) is 17.6 Å². The Balaban J connectivity index is 2.68. The Morgan fingerprint density at radius 2 is 1.94 bits per heavy atom. The molecule has 2 aromatic rings. The van der Waals surface area contributed by atoms with E-state index in [1.165, 1.54) is 6.20 Å². The molecule has 0 radical (unpaired) electrons. The summed E-state index contributed by atoms with van der Waals surface area (Å²) >= 11 is 0. The van der Waals surface area contributed by atoms with E-state index in [0.717, 1.165) is 12.1 Å². The van der Waals surface area contributed by atoms with Crippen LogP contribution in [0.15, 0.2) is 24.4 Å². The van der Waals surface area contributed by atoms with Crippen molar-refractivity contribution in [3.8, 4) is 11.3 Å². The molecule has 1 aromatic heterocycles. The van der Waals surface area contributed by atoms with Gasteiger partial charge in [0.2, 0.25) is 0 Å². The number of anilines is 1. The maximum atomic E-state index is 13.0. The van der Waals surface area contributed by atoms with Crippen molar-refractivity contribution in [1.29, 1.82) is 0 Å². The third kappa shape index (κ3) is 2.08. The van der Waals surface area contributed by atoms with Crippen LogP contribution in [0.25, 0.3) is 11.3 Å². The van der Waals surface area contributed by atoms with E-state index in [1.807, 2.05) is 0 Å². The molecule has 7 heteroatoms. The fourth-order valence-electron chi connectivity index (χ4n) is 1.48. The zero-order valence-electron chi connectivity index (χ0n) is 8.35. The molecule has 0 aliphatic heterocycles.